The Kier molecular flexibility index (Phi) is 2.98. The quantitative estimate of drug-likeness (QED) is 0.917. The third-order valence-electron chi connectivity index (χ3n) is 3.69. The first-order valence-corrected chi connectivity index (χ1v) is 7.58. The highest BCUT2D eigenvalue weighted by Crippen LogP contribution is 2.43. The van der Waals surface area contributed by atoms with Crippen LogP contribution in [0.15, 0.2) is 12.4 Å². The van der Waals surface area contributed by atoms with Gasteiger partial charge in [-0.3, -0.25) is 4.68 Å². The molecule has 2 heterocycles. The number of fused-ring (bicyclic) bond motifs is 1. The zero-order valence-corrected chi connectivity index (χ0v) is 12.5. The molecular formula is C14H20N4S. The molecule has 1 unspecified atom stereocenters. The second kappa shape index (κ2) is 4.42. The van der Waals surface area contributed by atoms with Crippen LogP contribution in [-0.4, -0.2) is 14.8 Å². The van der Waals surface area contributed by atoms with Gasteiger partial charge < -0.3 is 5.73 Å². The van der Waals surface area contributed by atoms with Crippen LogP contribution in [0.25, 0.3) is 10.6 Å². The second-order valence-corrected chi connectivity index (χ2v) is 7.10. The van der Waals surface area contributed by atoms with Crippen molar-refractivity contribution < 1.29 is 0 Å². The number of nitrogens with zero attached hydrogens (tertiary/aromatic N) is 3. The van der Waals surface area contributed by atoms with Gasteiger partial charge in [-0.25, -0.2) is 4.98 Å². The highest BCUT2D eigenvalue weighted by molar-refractivity contribution is 7.15. The van der Waals surface area contributed by atoms with Gasteiger partial charge in [-0.2, -0.15) is 5.10 Å². The van der Waals surface area contributed by atoms with Crippen LogP contribution in [0.2, 0.25) is 0 Å². The van der Waals surface area contributed by atoms with E-state index in [0.29, 0.717) is 0 Å². The van der Waals surface area contributed by atoms with Crippen LogP contribution in [0, 0.1) is 5.41 Å². The van der Waals surface area contributed by atoms with Crippen molar-refractivity contribution in [2.24, 2.45) is 11.1 Å². The summed E-state index contributed by atoms with van der Waals surface area (Å²) in [6, 6.07) is 0.131. The first-order chi connectivity index (χ1) is 8.98. The van der Waals surface area contributed by atoms with Crippen molar-refractivity contribution in [1.82, 2.24) is 14.8 Å². The van der Waals surface area contributed by atoms with E-state index in [2.05, 4.69) is 32.1 Å². The molecule has 1 aliphatic carbocycles. The molecule has 0 radical (unpaired) electrons. The van der Waals surface area contributed by atoms with E-state index in [4.69, 9.17) is 10.7 Å². The molecule has 5 heteroatoms. The molecule has 4 nitrogen and oxygen atoms in total. The van der Waals surface area contributed by atoms with Crippen molar-refractivity contribution in [1.29, 1.82) is 0 Å². The SMILES string of the molecule is CCn1cc(-c2nc3c(s2)C(N)CC(C)(C)C3)cn1. The number of rotatable bonds is 2. The molecule has 0 bridgehead atoms. The van der Waals surface area contributed by atoms with Gasteiger partial charge in [0, 0.05) is 29.2 Å². The zero-order valence-electron chi connectivity index (χ0n) is 11.7. The van der Waals surface area contributed by atoms with Gasteiger partial charge in [0.1, 0.15) is 5.01 Å². The fourth-order valence-electron chi connectivity index (χ4n) is 2.76. The summed E-state index contributed by atoms with van der Waals surface area (Å²) >= 11 is 1.73. The summed E-state index contributed by atoms with van der Waals surface area (Å²) in [5.74, 6) is 0. The molecule has 0 saturated carbocycles. The van der Waals surface area contributed by atoms with Crippen LogP contribution in [0.5, 0.6) is 0 Å². The Bertz CT molecular complexity index is 596. The Labute approximate surface area is 117 Å². The zero-order chi connectivity index (χ0) is 13.6. The molecule has 19 heavy (non-hydrogen) atoms. The smallest absolute Gasteiger partial charge is 0.127 e. The van der Waals surface area contributed by atoms with Gasteiger partial charge in [-0.15, -0.1) is 11.3 Å². The molecule has 1 aliphatic rings. The molecule has 3 rings (SSSR count). The van der Waals surface area contributed by atoms with Gasteiger partial charge in [-0.05, 0) is 25.2 Å². The molecule has 0 amide bonds. The van der Waals surface area contributed by atoms with E-state index in [1.807, 2.05) is 10.9 Å². The highest BCUT2D eigenvalue weighted by atomic mass is 32.1. The van der Waals surface area contributed by atoms with E-state index in [1.54, 1.807) is 11.3 Å². The minimum atomic E-state index is 0.131. The van der Waals surface area contributed by atoms with Crippen molar-refractivity contribution in [2.75, 3.05) is 0 Å². The van der Waals surface area contributed by atoms with Gasteiger partial charge in [-0.1, -0.05) is 13.8 Å². The number of hydrogen-bond acceptors (Lipinski definition) is 4. The number of hydrogen-bond donors (Lipinski definition) is 1. The first kappa shape index (κ1) is 12.8. The van der Waals surface area contributed by atoms with Crippen molar-refractivity contribution in [3.8, 4) is 10.6 Å². The Hall–Kier alpha value is -1.20. The fraction of sp³-hybridized carbons (Fsp3) is 0.571. The number of aryl methyl sites for hydroxylation is 1. The summed E-state index contributed by atoms with van der Waals surface area (Å²) in [5, 5.41) is 5.37. The molecule has 0 aromatic carbocycles. The van der Waals surface area contributed by atoms with Crippen LogP contribution >= 0.6 is 11.3 Å². The lowest BCUT2D eigenvalue weighted by atomic mass is 9.77. The number of thiazole rings is 1. The molecular weight excluding hydrogens is 256 g/mol. The third kappa shape index (κ3) is 2.32. The van der Waals surface area contributed by atoms with E-state index >= 15 is 0 Å². The van der Waals surface area contributed by atoms with Gasteiger partial charge in [0.15, 0.2) is 0 Å². The summed E-state index contributed by atoms with van der Waals surface area (Å²) in [6.07, 6.45) is 6.01. The summed E-state index contributed by atoms with van der Waals surface area (Å²) in [6.45, 7) is 7.51. The lowest BCUT2D eigenvalue weighted by Crippen LogP contribution is -2.28. The Morgan fingerprint density at radius 2 is 2.32 bits per heavy atom. The molecule has 102 valence electrons. The van der Waals surface area contributed by atoms with Gasteiger partial charge in [0.05, 0.1) is 11.9 Å². The molecule has 2 aromatic heterocycles. The van der Waals surface area contributed by atoms with Gasteiger partial charge >= 0.3 is 0 Å². The summed E-state index contributed by atoms with van der Waals surface area (Å²) in [4.78, 5) is 6.06. The normalized spacial score (nSPS) is 21.4. The van der Waals surface area contributed by atoms with Crippen LogP contribution < -0.4 is 5.73 Å². The Morgan fingerprint density at radius 1 is 1.53 bits per heavy atom. The van der Waals surface area contributed by atoms with Crippen LogP contribution in [0.3, 0.4) is 0 Å². The van der Waals surface area contributed by atoms with Gasteiger partial charge in [0.25, 0.3) is 0 Å². The molecule has 0 spiro atoms. The van der Waals surface area contributed by atoms with Crippen LogP contribution in [-0.2, 0) is 13.0 Å². The predicted molar refractivity (Wildman–Crippen MR) is 78.0 cm³/mol. The second-order valence-electron chi connectivity index (χ2n) is 6.07. The maximum Gasteiger partial charge on any atom is 0.127 e. The molecule has 2 N–H and O–H groups in total. The largest absolute Gasteiger partial charge is 0.323 e. The molecule has 0 saturated heterocycles. The van der Waals surface area contributed by atoms with E-state index in [9.17, 15) is 0 Å². The van der Waals surface area contributed by atoms with Crippen molar-refractivity contribution >= 4 is 11.3 Å². The Balaban J connectivity index is 1.98. The third-order valence-corrected chi connectivity index (χ3v) is 4.97. The maximum atomic E-state index is 6.29. The average molecular weight is 276 g/mol. The van der Waals surface area contributed by atoms with Crippen molar-refractivity contribution in [3.05, 3.63) is 23.0 Å². The fourth-order valence-corrected chi connectivity index (χ4v) is 3.82. The predicted octanol–water partition coefficient (Wildman–Crippen LogP) is 3.00. The van der Waals surface area contributed by atoms with Gasteiger partial charge in [0.2, 0.25) is 0 Å². The Morgan fingerprint density at radius 3 is 3.00 bits per heavy atom. The summed E-state index contributed by atoms with van der Waals surface area (Å²) in [7, 11) is 0. The lowest BCUT2D eigenvalue weighted by Gasteiger charge is -2.32. The highest BCUT2D eigenvalue weighted by Gasteiger charge is 2.33. The number of nitrogens with two attached hydrogens (primary N) is 1. The van der Waals surface area contributed by atoms with E-state index < -0.39 is 0 Å². The minimum Gasteiger partial charge on any atom is -0.323 e. The first-order valence-electron chi connectivity index (χ1n) is 6.76. The average Bonchev–Trinajstić information content (AvgIpc) is 2.92. The molecule has 2 aromatic rings. The van der Waals surface area contributed by atoms with E-state index in [1.165, 1.54) is 10.6 Å². The van der Waals surface area contributed by atoms with Crippen LogP contribution in [0.4, 0.5) is 0 Å². The minimum absolute atomic E-state index is 0.131. The number of aromatic nitrogens is 3. The van der Waals surface area contributed by atoms with Crippen LogP contribution in [0.1, 0.15) is 43.8 Å². The maximum absolute atomic E-state index is 6.29. The topological polar surface area (TPSA) is 56.7 Å². The van der Waals surface area contributed by atoms with E-state index in [0.717, 1.165) is 30.0 Å². The lowest BCUT2D eigenvalue weighted by molar-refractivity contribution is 0.282. The monoisotopic (exact) mass is 276 g/mol. The molecule has 1 atom stereocenters. The van der Waals surface area contributed by atoms with Crippen molar-refractivity contribution in [3.63, 3.8) is 0 Å². The summed E-state index contributed by atoms with van der Waals surface area (Å²) < 4.78 is 1.93. The van der Waals surface area contributed by atoms with E-state index in [-0.39, 0.29) is 11.5 Å². The standard InChI is InChI=1S/C14H20N4S/c1-4-18-8-9(7-16-18)13-17-11-6-14(2,3)5-10(15)12(11)19-13/h7-8,10H,4-6,15H2,1-3H3. The molecule has 0 aliphatic heterocycles. The summed E-state index contributed by atoms with van der Waals surface area (Å²) in [5.41, 5.74) is 8.84. The molecule has 0 fully saturated rings. The van der Waals surface area contributed by atoms with Crippen molar-refractivity contribution in [2.45, 2.75) is 46.2 Å².